The molecule has 120 valence electrons. The summed E-state index contributed by atoms with van der Waals surface area (Å²) in [6, 6.07) is 12.8. The highest BCUT2D eigenvalue weighted by Crippen LogP contribution is 2.30. The standard InChI is InChI=1S/C19H22N2O2/c1-23-18-5-4-14-6-13(2-3-15(14)7-18)10-21-11-16-8-19(22)20-9-17(16)12-21/h2-7,16-17H,8-12H2,1H3,(H,20,22)/t16-,17+/m1/s1. The van der Waals surface area contributed by atoms with Gasteiger partial charge in [0.2, 0.25) is 5.91 Å². The van der Waals surface area contributed by atoms with Gasteiger partial charge in [-0.3, -0.25) is 9.69 Å². The molecular formula is C19H22N2O2. The molecule has 2 aromatic carbocycles. The van der Waals surface area contributed by atoms with Crippen LogP contribution in [0.15, 0.2) is 36.4 Å². The van der Waals surface area contributed by atoms with Crippen LogP contribution in [0.3, 0.4) is 0 Å². The minimum Gasteiger partial charge on any atom is -0.497 e. The van der Waals surface area contributed by atoms with Gasteiger partial charge < -0.3 is 10.1 Å². The van der Waals surface area contributed by atoms with Crippen LogP contribution in [0.25, 0.3) is 10.8 Å². The maximum absolute atomic E-state index is 11.5. The number of carbonyl (C=O) groups excluding carboxylic acids is 1. The molecule has 2 aliphatic rings. The number of hydrogen-bond acceptors (Lipinski definition) is 3. The second-order valence-corrected chi connectivity index (χ2v) is 6.77. The minimum atomic E-state index is 0.216. The zero-order valence-electron chi connectivity index (χ0n) is 13.4. The van der Waals surface area contributed by atoms with Crippen molar-refractivity contribution in [3.05, 3.63) is 42.0 Å². The van der Waals surface area contributed by atoms with Crippen LogP contribution in [0, 0.1) is 11.8 Å². The van der Waals surface area contributed by atoms with Crippen molar-refractivity contribution in [2.75, 3.05) is 26.7 Å². The predicted molar refractivity (Wildman–Crippen MR) is 90.4 cm³/mol. The zero-order chi connectivity index (χ0) is 15.8. The number of likely N-dealkylation sites (tertiary alicyclic amines) is 1. The average Bonchev–Trinajstić information content (AvgIpc) is 2.95. The molecule has 0 bridgehead atoms. The van der Waals surface area contributed by atoms with Gasteiger partial charge in [0.15, 0.2) is 0 Å². The van der Waals surface area contributed by atoms with Crippen LogP contribution >= 0.6 is 0 Å². The van der Waals surface area contributed by atoms with E-state index in [-0.39, 0.29) is 5.91 Å². The van der Waals surface area contributed by atoms with E-state index in [4.69, 9.17) is 4.74 Å². The Hall–Kier alpha value is -2.07. The van der Waals surface area contributed by atoms with Crippen molar-refractivity contribution in [1.29, 1.82) is 0 Å². The lowest BCUT2D eigenvalue weighted by Gasteiger charge is -2.23. The highest BCUT2D eigenvalue weighted by atomic mass is 16.5. The molecule has 2 aliphatic heterocycles. The summed E-state index contributed by atoms with van der Waals surface area (Å²) < 4.78 is 5.28. The van der Waals surface area contributed by atoms with E-state index in [0.717, 1.165) is 31.9 Å². The van der Waals surface area contributed by atoms with E-state index in [0.29, 0.717) is 18.3 Å². The number of fused-ring (bicyclic) bond motifs is 2. The molecule has 1 N–H and O–H groups in total. The van der Waals surface area contributed by atoms with Crippen molar-refractivity contribution >= 4 is 16.7 Å². The van der Waals surface area contributed by atoms with Gasteiger partial charge in [0.05, 0.1) is 7.11 Å². The largest absolute Gasteiger partial charge is 0.497 e. The fourth-order valence-corrected chi connectivity index (χ4v) is 3.94. The minimum absolute atomic E-state index is 0.216. The van der Waals surface area contributed by atoms with E-state index in [1.54, 1.807) is 7.11 Å². The van der Waals surface area contributed by atoms with Gasteiger partial charge in [0.25, 0.3) is 0 Å². The number of nitrogens with zero attached hydrogens (tertiary/aromatic N) is 1. The summed E-state index contributed by atoms with van der Waals surface area (Å²) in [6.45, 7) is 3.94. The Morgan fingerprint density at radius 3 is 2.78 bits per heavy atom. The predicted octanol–water partition coefficient (Wildman–Crippen LogP) is 2.42. The van der Waals surface area contributed by atoms with E-state index >= 15 is 0 Å². The Bertz CT molecular complexity index is 743. The van der Waals surface area contributed by atoms with Crippen LogP contribution in [0.5, 0.6) is 5.75 Å². The fraction of sp³-hybridized carbons (Fsp3) is 0.421. The lowest BCUT2D eigenvalue weighted by molar-refractivity contribution is -0.124. The molecule has 2 heterocycles. The molecule has 0 aliphatic carbocycles. The third-order valence-corrected chi connectivity index (χ3v) is 5.18. The van der Waals surface area contributed by atoms with Crippen LogP contribution in [0.4, 0.5) is 0 Å². The first-order valence-electron chi connectivity index (χ1n) is 8.27. The first-order chi connectivity index (χ1) is 11.2. The first-order valence-corrected chi connectivity index (χ1v) is 8.27. The molecule has 4 nitrogen and oxygen atoms in total. The Balaban J connectivity index is 1.49. The molecule has 1 amide bonds. The van der Waals surface area contributed by atoms with Crippen LogP contribution in [-0.2, 0) is 11.3 Å². The summed E-state index contributed by atoms with van der Waals surface area (Å²) in [5, 5.41) is 5.45. The monoisotopic (exact) mass is 310 g/mol. The molecule has 2 aromatic rings. The maximum Gasteiger partial charge on any atom is 0.220 e. The van der Waals surface area contributed by atoms with Crippen molar-refractivity contribution in [1.82, 2.24) is 10.2 Å². The summed E-state index contributed by atoms with van der Waals surface area (Å²) in [5.74, 6) is 2.27. The molecule has 0 unspecified atom stereocenters. The maximum atomic E-state index is 11.5. The van der Waals surface area contributed by atoms with Gasteiger partial charge >= 0.3 is 0 Å². The lowest BCUT2D eigenvalue weighted by atomic mass is 9.89. The van der Waals surface area contributed by atoms with E-state index in [2.05, 4.69) is 40.5 Å². The van der Waals surface area contributed by atoms with Gasteiger partial charge in [0, 0.05) is 32.6 Å². The van der Waals surface area contributed by atoms with E-state index in [1.165, 1.54) is 16.3 Å². The molecular weight excluding hydrogens is 288 g/mol. The van der Waals surface area contributed by atoms with Gasteiger partial charge in [-0.25, -0.2) is 0 Å². The molecule has 2 fully saturated rings. The Kier molecular flexibility index (Phi) is 3.69. The third kappa shape index (κ3) is 2.91. The molecule has 2 saturated heterocycles. The lowest BCUT2D eigenvalue weighted by Crippen LogP contribution is -2.39. The summed E-state index contributed by atoms with van der Waals surface area (Å²) in [7, 11) is 1.70. The number of carbonyl (C=O) groups is 1. The highest BCUT2D eigenvalue weighted by Gasteiger charge is 2.36. The van der Waals surface area contributed by atoms with Crippen LogP contribution in [-0.4, -0.2) is 37.6 Å². The van der Waals surface area contributed by atoms with E-state index in [1.807, 2.05) is 6.07 Å². The number of methoxy groups -OCH3 is 1. The van der Waals surface area contributed by atoms with Crippen molar-refractivity contribution in [2.24, 2.45) is 11.8 Å². The van der Waals surface area contributed by atoms with Gasteiger partial charge in [-0.05, 0) is 46.4 Å². The molecule has 4 rings (SSSR count). The molecule has 0 saturated carbocycles. The molecule has 0 radical (unpaired) electrons. The zero-order valence-corrected chi connectivity index (χ0v) is 13.4. The van der Waals surface area contributed by atoms with E-state index in [9.17, 15) is 4.79 Å². The highest BCUT2D eigenvalue weighted by molar-refractivity contribution is 5.84. The SMILES string of the molecule is COc1ccc2cc(CN3C[C@H]4CC(=O)NC[C@H]4C3)ccc2c1. The van der Waals surface area contributed by atoms with Gasteiger partial charge in [-0.15, -0.1) is 0 Å². The molecule has 0 aromatic heterocycles. The van der Waals surface area contributed by atoms with Crippen molar-refractivity contribution in [3.63, 3.8) is 0 Å². The molecule has 4 heteroatoms. The second-order valence-electron chi connectivity index (χ2n) is 6.77. The van der Waals surface area contributed by atoms with Gasteiger partial charge in [0.1, 0.15) is 5.75 Å². The Labute approximate surface area is 136 Å². The third-order valence-electron chi connectivity index (χ3n) is 5.18. The Morgan fingerprint density at radius 2 is 1.91 bits per heavy atom. The normalized spacial score (nSPS) is 24.5. The van der Waals surface area contributed by atoms with Crippen molar-refractivity contribution in [3.8, 4) is 5.75 Å². The van der Waals surface area contributed by atoms with E-state index < -0.39 is 0 Å². The number of hydrogen-bond donors (Lipinski definition) is 1. The smallest absolute Gasteiger partial charge is 0.220 e. The molecule has 0 spiro atoms. The number of nitrogens with one attached hydrogen (secondary N) is 1. The summed E-state index contributed by atoms with van der Waals surface area (Å²) in [6.07, 6.45) is 0.693. The second kappa shape index (κ2) is 5.85. The average molecular weight is 310 g/mol. The summed E-state index contributed by atoms with van der Waals surface area (Å²) in [4.78, 5) is 14.0. The number of benzene rings is 2. The van der Waals surface area contributed by atoms with Gasteiger partial charge in [-0.1, -0.05) is 18.2 Å². The van der Waals surface area contributed by atoms with Crippen LogP contribution in [0.2, 0.25) is 0 Å². The number of rotatable bonds is 3. The topological polar surface area (TPSA) is 41.6 Å². The van der Waals surface area contributed by atoms with Crippen molar-refractivity contribution in [2.45, 2.75) is 13.0 Å². The van der Waals surface area contributed by atoms with Gasteiger partial charge in [-0.2, -0.15) is 0 Å². The molecule has 2 atom stereocenters. The number of ether oxygens (including phenoxy) is 1. The summed E-state index contributed by atoms with van der Waals surface area (Å²) in [5.41, 5.74) is 1.33. The Morgan fingerprint density at radius 1 is 1.13 bits per heavy atom. The van der Waals surface area contributed by atoms with Crippen LogP contribution in [0.1, 0.15) is 12.0 Å². The molecule has 23 heavy (non-hydrogen) atoms. The first kappa shape index (κ1) is 14.5. The fourth-order valence-electron chi connectivity index (χ4n) is 3.94. The van der Waals surface area contributed by atoms with Crippen molar-refractivity contribution < 1.29 is 9.53 Å². The summed E-state index contributed by atoms with van der Waals surface area (Å²) >= 11 is 0. The quantitative estimate of drug-likeness (QED) is 0.946. The van der Waals surface area contributed by atoms with Crippen LogP contribution < -0.4 is 10.1 Å². The number of amides is 1. The number of piperidine rings is 1.